The van der Waals surface area contributed by atoms with Crippen molar-refractivity contribution in [3.63, 3.8) is 0 Å². The quantitative estimate of drug-likeness (QED) is 0.872. The standard InChI is InChI=1S/C16H24N4O2/c1-11(21)10-17-15-14-12(5-8-19(2)16(14)22)9-13(18-15)20-6-3-4-7-20/h9,11,21H,3-8,10H2,1-2H3,(H,17,18). The molecule has 2 N–H and O–H groups in total. The summed E-state index contributed by atoms with van der Waals surface area (Å²) >= 11 is 0. The summed E-state index contributed by atoms with van der Waals surface area (Å²) in [5.74, 6) is 1.56. The van der Waals surface area contributed by atoms with E-state index in [0.717, 1.165) is 37.4 Å². The third kappa shape index (κ3) is 2.88. The largest absolute Gasteiger partial charge is 0.392 e. The first-order chi connectivity index (χ1) is 10.6. The first-order valence-corrected chi connectivity index (χ1v) is 8.02. The average Bonchev–Trinajstić information content (AvgIpc) is 3.02. The maximum absolute atomic E-state index is 12.5. The van der Waals surface area contributed by atoms with Crippen LogP contribution in [0.5, 0.6) is 0 Å². The summed E-state index contributed by atoms with van der Waals surface area (Å²) in [5, 5.41) is 12.7. The van der Waals surface area contributed by atoms with E-state index in [9.17, 15) is 9.90 Å². The van der Waals surface area contributed by atoms with E-state index in [4.69, 9.17) is 0 Å². The zero-order valence-corrected chi connectivity index (χ0v) is 13.3. The molecule has 2 aliphatic rings. The van der Waals surface area contributed by atoms with Crippen molar-refractivity contribution in [3.05, 3.63) is 17.2 Å². The summed E-state index contributed by atoms with van der Waals surface area (Å²) in [6.07, 6.45) is 2.75. The maximum atomic E-state index is 12.5. The van der Waals surface area contributed by atoms with Gasteiger partial charge in [0.2, 0.25) is 0 Å². The molecule has 0 bridgehead atoms. The van der Waals surface area contributed by atoms with Crippen LogP contribution in [0.15, 0.2) is 6.07 Å². The molecule has 6 heteroatoms. The molecule has 0 aromatic carbocycles. The normalized spacial score (nSPS) is 19.3. The number of aliphatic hydroxyl groups is 1. The van der Waals surface area contributed by atoms with Gasteiger partial charge in [-0.3, -0.25) is 4.79 Å². The molecule has 0 radical (unpaired) electrons. The van der Waals surface area contributed by atoms with Gasteiger partial charge in [0.05, 0.1) is 11.7 Å². The minimum atomic E-state index is -0.482. The van der Waals surface area contributed by atoms with E-state index in [1.165, 1.54) is 12.8 Å². The van der Waals surface area contributed by atoms with E-state index in [-0.39, 0.29) is 5.91 Å². The van der Waals surface area contributed by atoms with Crippen molar-refractivity contribution < 1.29 is 9.90 Å². The minimum absolute atomic E-state index is 0.00909. The van der Waals surface area contributed by atoms with Gasteiger partial charge in [-0.25, -0.2) is 4.98 Å². The molecule has 1 atom stereocenters. The smallest absolute Gasteiger partial charge is 0.257 e. The third-order valence-corrected chi connectivity index (χ3v) is 4.36. The Morgan fingerprint density at radius 2 is 2.09 bits per heavy atom. The van der Waals surface area contributed by atoms with Gasteiger partial charge in [-0.2, -0.15) is 0 Å². The molecule has 2 aliphatic heterocycles. The molecule has 1 fully saturated rings. The first-order valence-electron chi connectivity index (χ1n) is 8.02. The van der Waals surface area contributed by atoms with Crippen LogP contribution in [0, 0.1) is 0 Å². The maximum Gasteiger partial charge on any atom is 0.257 e. The van der Waals surface area contributed by atoms with E-state index in [1.54, 1.807) is 11.8 Å². The van der Waals surface area contributed by atoms with Crippen LogP contribution in [-0.2, 0) is 6.42 Å². The zero-order valence-electron chi connectivity index (χ0n) is 13.3. The molecule has 3 rings (SSSR count). The van der Waals surface area contributed by atoms with Crippen LogP contribution in [0.1, 0.15) is 35.7 Å². The van der Waals surface area contributed by atoms with Crippen LogP contribution in [0.2, 0.25) is 0 Å². The number of carbonyl (C=O) groups excluding carboxylic acids is 1. The Kier molecular flexibility index (Phi) is 4.20. The highest BCUT2D eigenvalue weighted by Crippen LogP contribution is 2.30. The van der Waals surface area contributed by atoms with Crippen LogP contribution >= 0.6 is 0 Å². The van der Waals surface area contributed by atoms with Crippen molar-refractivity contribution in [2.75, 3.05) is 43.4 Å². The number of likely N-dealkylation sites (N-methyl/N-ethyl adjacent to an activating group) is 1. The second-order valence-electron chi connectivity index (χ2n) is 6.26. The highest BCUT2D eigenvalue weighted by Gasteiger charge is 2.28. The molecule has 1 unspecified atom stereocenters. The number of fused-ring (bicyclic) bond motifs is 1. The SMILES string of the molecule is CC(O)CNc1nc(N2CCCC2)cc2c1C(=O)N(C)CC2. The Balaban J connectivity index is 1.99. The number of pyridine rings is 1. The average molecular weight is 304 g/mol. The number of anilines is 2. The number of carbonyl (C=O) groups is 1. The van der Waals surface area contributed by atoms with Crippen molar-refractivity contribution in [1.29, 1.82) is 0 Å². The van der Waals surface area contributed by atoms with Crippen LogP contribution in [0.3, 0.4) is 0 Å². The lowest BCUT2D eigenvalue weighted by Gasteiger charge is -2.28. The van der Waals surface area contributed by atoms with Crippen LogP contribution in [-0.4, -0.2) is 60.2 Å². The monoisotopic (exact) mass is 304 g/mol. The summed E-state index contributed by atoms with van der Waals surface area (Å²) in [7, 11) is 1.82. The van der Waals surface area contributed by atoms with E-state index in [1.807, 2.05) is 7.05 Å². The number of rotatable bonds is 4. The summed E-state index contributed by atoms with van der Waals surface area (Å²) in [6, 6.07) is 2.07. The summed E-state index contributed by atoms with van der Waals surface area (Å²) in [6.45, 7) is 4.90. The Morgan fingerprint density at radius 3 is 2.77 bits per heavy atom. The molecule has 0 spiro atoms. The van der Waals surface area contributed by atoms with Crippen molar-refractivity contribution in [1.82, 2.24) is 9.88 Å². The first kappa shape index (κ1) is 15.1. The molecule has 0 aliphatic carbocycles. The van der Waals surface area contributed by atoms with Crippen molar-refractivity contribution in [2.45, 2.75) is 32.3 Å². The van der Waals surface area contributed by atoms with Gasteiger partial charge < -0.3 is 20.2 Å². The van der Waals surface area contributed by atoms with Crippen molar-refractivity contribution >= 4 is 17.5 Å². The Labute approximate surface area is 131 Å². The van der Waals surface area contributed by atoms with E-state index >= 15 is 0 Å². The van der Waals surface area contributed by atoms with Crippen LogP contribution < -0.4 is 10.2 Å². The summed E-state index contributed by atoms with van der Waals surface area (Å²) in [5.41, 5.74) is 1.73. The molecule has 1 aromatic heterocycles. The summed E-state index contributed by atoms with van der Waals surface area (Å²) in [4.78, 5) is 21.2. The van der Waals surface area contributed by atoms with Gasteiger partial charge in [-0.1, -0.05) is 0 Å². The lowest BCUT2D eigenvalue weighted by molar-refractivity contribution is 0.0781. The molecule has 22 heavy (non-hydrogen) atoms. The predicted molar refractivity (Wildman–Crippen MR) is 86.5 cm³/mol. The van der Waals surface area contributed by atoms with Gasteiger partial charge in [-0.05, 0) is 37.8 Å². The second-order valence-corrected chi connectivity index (χ2v) is 6.26. The topological polar surface area (TPSA) is 68.7 Å². The van der Waals surface area contributed by atoms with Crippen molar-refractivity contribution in [3.8, 4) is 0 Å². The van der Waals surface area contributed by atoms with Crippen LogP contribution in [0.4, 0.5) is 11.6 Å². The predicted octanol–water partition coefficient (Wildman–Crippen LogP) is 1.10. The van der Waals surface area contributed by atoms with Crippen molar-refractivity contribution in [2.24, 2.45) is 0 Å². The molecule has 1 amide bonds. The highest BCUT2D eigenvalue weighted by molar-refractivity contribution is 6.01. The van der Waals surface area contributed by atoms with Gasteiger partial charge >= 0.3 is 0 Å². The fraction of sp³-hybridized carbons (Fsp3) is 0.625. The molecular formula is C16H24N4O2. The van der Waals surface area contributed by atoms with Gasteiger partial charge in [0.15, 0.2) is 0 Å². The zero-order chi connectivity index (χ0) is 15.7. The number of aliphatic hydroxyl groups excluding tert-OH is 1. The highest BCUT2D eigenvalue weighted by atomic mass is 16.3. The van der Waals surface area contributed by atoms with E-state index < -0.39 is 6.10 Å². The lowest BCUT2D eigenvalue weighted by atomic mass is 10.00. The molecule has 3 heterocycles. The van der Waals surface area contributed by atoms with Gasteiger partial charge in [0.25, 0.3) is 5.91 Å². The molecule has 1 aromatic rings. The summed E-state index contributed by atoms with van der Waals surface area (Å²) < 4.78 is 0. The van der Waals surface area contributed by atoms with E-state index in [2.05, 4.69) is 21.3 Å². The van der Waals surface area contributed by atoms with Gasteiger partial charge in [0.1, 0.15) is 11.6 Å². The molecule has 6 nitrogen and oxygen atoms in total. The number of hydrogen-bond donors (Lipinski definition) is 2. The Bertz CT molecular complexity index is 568. The number of nitrogens with zero attached hydrogens (tertiary/aromatic N) is 3. The molecule has 0 saturated carbocycles. The van der Waals surface area contributed by atoms with Crippen LogP contribution in [0.25, 0.3) is 0 Å². The number of amides is 1. The molecular weight excluding hydrogens is 280 g/mol. The third-order valence-electron chi connectivity index (χ3n) is 4.36. The van der Waals surface area contributed by atoms with Gasteiger partial charge in [-0.15, -0.1) is 0 Å². The number of hydrogen-bond acceptors (Lipinski definition) is 5. The Morgan fingerprint density at radius 1 is 1.36 bits per heavy atom. The minimum Gasteiger partial charge on any atom is -0.392 e. The number of nitrogens with one attached hydrogen (secondary N) is 1. The Hall–Kier alpha value is -1.82. The fourth-order valence-corrected chi connectivity index (χ4v) is 3.08. The fourth-order valence-electron chi connectivity index (χ4n) is 3.08. The number of aromatic nitrogens is 1. The molecule has 120 valence electrons. The lowest BCUT2D eigenvalue weighted by Crippen LogP contribution is -2.36. The van der Waals surface area contributed by atoms with Gasteiger partial charge in [0, 0.05) is 33.2 Å². The van der Waals surface area contributed by atoms with E-state index in [0.29, 0.717) is 17.9 Å². The second kappa shape index (κ2) is 6.12. The molecule has 1 saturated heterocycles.